The Balaban J connectivity index is 1.52. The minimum absolute atomic E-state index is 0.189. The number of hydrogen-bond donors (Lipinski definition) is 1. The lowest BCUT2D eigenvalue weighted by molar-refractivity contribution is -0.142. The van der Waals surface area contributed by atoms with E-state index in [-0.39, 0.29) is 12.4 Å². The Labute approximate surface area is 157 Å². The Hall–Kier alpha value is -2.25. The molecule has 2 heterocycles. The first kappa shape index (κ1) is 18.5. The number of rotatable bonds is 8. The molecule has 26 heavy (non-hydrogen) atoms. The second kappa shape index (κ2) is 9.45. The highest BCUT2D eigenvalue weighted by atomic mass is 32.1. The lowest BCUT2D eigenvalue weighted by atomic mass is 10.1. The second-order valence-corrected chi connectivity index (χ2v) is 7.08. The van der Waals surface area contributed by atoms with Crippen molar-refractivity contribution in [2.24, 2.45) is 5.10 Å². The fourth-order valence-corrected chi connectivity index (χ4v) is 3.59. The van der Waals surface area contributed by atoms with E-state index >= 15 is 0 Å². The smallest absolute Gasteiger partial charge is 0.311 e. The van der Waals surface area contributed by atoms with Gasteiger partial charge < -0.3 is 4.74 Å². The molecule has 1 saturated heterocycles. The Kier molecular flexibility index (Phi) is 6.74. The van der Waals surface area contributed by atoms with Crippen LogP contribution in [0.2, 0.25) is 0 Å². The molecule has 0 atom stereocenters. The lowest BCUT2D eigenvalue weighted by Gasteiger charge is -2.14. The first-order valence-corrected chi connectivity index (χ1v) is 9.81. The van der Waals surface area contributed by atoms with Crippen LogP contribution in [0.15, 0.2) is 34.7 Å². The van der Waals surface area contributed by atoms with Gasteiger partial charge in [-0.2, -0.15) is 5.10 Å². The van der Waals surface area contributed by atoms with Gasteiger partial charge in [0.2, 0.25) is 5.13 Å². The molecule has 6 nitrogen and oxygen atoms in total. The van der Waals surface area contributed by atoms with Crippen molar-refractivity contribution in [3.63, 3.8) is 0 Å². The molecule has 1 fully saturated rings. The van der Waals surface area contributed by atoms with Crippen LogP contribution in [-0.2, 0) is 22.5 Å². The van der Waals surface area contributed by atoms with Gasteiger partial charge in [-0.1, -0.05) is 18.2 Å². The van der Waals surface area contributed by atoms with Crippen LogP contribution in [0, 0.1) is 0 Å². The SMILES string of the molecule is CCOC(=O)Cc1csc(NN=Cc2cccc(CN3CCCC3)c2)n1. The van der Waals surface area contributed by atoms with Crippen molar-refractivity contribution in [3.8, 4) is 0 Å². The molecule has 0 aliphatic carbocycles. The minimum Gasteiger partial charge on any atom is -0.466 e. The number of ether oxygens (including phenoxy) is 1. The molecule has 2 aromatic rings. The molecule has 1 aliphatic rings. The average Bonchev–Trinajstić information content (AvgIpc) is 3.28. The summed E-state index contributed by atoms with van der Waals surface area (Å²) in [5, 5.41) is 6.76. The van der Waals surface area contributed by atoms with E-state index in [1.54, 1.807) is 13.1 Å². The molecule has 1 aromatic heterocycles. The van der Waals surface area contributed by atoms with E-state index in [1.165, 1.54) is 42.8 Å². The van der Waals surface area contributed by atoms with Crippen molar-refractivity contribution in [1.29, 1.82) is 0 Å². The fourth-order valence-electron chi connectivity index (χ4n) is 2.93. The van der Waals surface area contributed by atoms with Crippen molar-refractivity contribution < 1.29 is 9.53 Å². The summed E-state index contributed by atoms with van der Waals surface area (Å²) in [4.78, 5) is 18.3. The summed E-state index contributed by atoms with van der Waals surface area (Å²) in [6, 6.07) is 8.42. The monoisotopic (exact) mass is 372 g/mol. The Bertz CT molecular complexity index is 754. The maximum absolute atomic E-state index is 11.5. The van der Waals surface area contributed by atoms with Crippen LogP contribution in [0.25, 0.3) is 0 Å². The largest absolute Gasteiger partial charge is 0.466 e. The van der Waals surface area contributed by atoms with Gasteiger partial charge in [-0.15, -0.1) is 11.3 Å². The number of nitrogens with zero attached hydrogens (tertiary/aromatic N) is 3. The van der Waals surface area contributed by atoms with Gasteiger partial charge in [0.1, 0.15) is 0 Å². The van der Waals surface area contributed by atoms with Crippen LogP contribution in [0.1, 0.15) is 36.6 Å². The standard InChI is InChI=1S/C19H24N4O2S/c1-2-25-18(24)11-17-14-26-19(21-17)22-20-12-15-6-5-7-16(10-15)13-23-8-3-4-9-23/h5-7,10,12,14H,2-4,8-9,11,13H2,1H3,(H,21,22). The summed E-state index contributed by atoms with van der Waals surface area (Å²) in [5.74, 6) is -0.261. The summed E-state index contributed by atoms with van der Waals surface area (Å²) in [7, 11) is 0. The molecule has 0 amide bonds. The highest BCUT2D eigenvalue weighted by molar-refractivity contribution is 7.13. The predicted molar refractivity (Wildman–Crippen MR) is 105 cm³/mol. The Morgan fingerprint density at radius 1 is 1.42 bits per heavy atom. The van der Waals surface area contributed by atoms with Gasteiger partial charge in [0.05, 0.1) is 24.9 Å². The quantitative estimate of drug-likeness (QED) is 0.438. The van der Waals surface area contributed by atoms with Crippen molar-refractivity contribution >= 4 is 28.7 Å². The third-order valence-electron chi connectivity index (χ3n) is 4.11. The van der Waals surface area contributed by atoms with E-state index in [0.29, 0.717) is 17.4 Å². The molecule has 0 spiro atoms. The topological polar surface area (TPSA) is 66.8 Å². The number of aromatic nitrogens is 1. The van der Waals surface area contributed by atoms with E-state index in [9.17, 15) is 4.79 Å². The third kappa shape index (κ3) is 5.64. The summed E-state index contributed by atoms with van der Waals surface area (Å²) >= 11 is 1.42. The zero-order valence-electron chi connectivity index (χ0n) is 15.0. The number of thiazole rings is 1. The number of nitrogens with one attached hydrogen (secondary N) is 1. The van der Waals surface area contributed by atoms with Crippen molar-refractivity contribution in [1.82, 2.24) is 9.88 Å². The lowest BCUT2D eigenvalue weighted by Crippen LogP contribution is -2.18. The fraction of sp³-hybridized carbons (Fsp3) is 0.421. The zero-order chi connectivity index (χ0) is 18.2. The first-order chi connectivity index (χ1) is 12.7. The molecular weight excluding hydrogens is 348 g/mol. The highest BCUT2D eigenvalue weighted by Gasteiger charge is 2.11. The molecule has 138 valence electrons. The van der Waals surface area contributed by atoms with Crippen molar-refractivity contribution in [2.75, 3.05) is 25.1 Å². The second-order valence-electron chi connectivity index (χ2n) is 6.22. The molecule has 0 bridgehead atoms. The molecule has 0 saturated carbocycles. The van der Waals surface area contributed by atoms with Crippen molar-refractivity contribution in [2.45, 2.75) is 32.7 Å². The highest BCUT2D eigenvalue weighted by Crippen LogP contribution is 2.16. The Morgan fingerprint density at radius 3 is 3.08 bits per heavy atom. The number of likely N-dealkylation sites (tertiary alicyclic amines) is 1. The number of hydrazone groups is 1. The van der Waals surface area contributed by atoms with Crippen LogP contribution >= 0.6 is 11.3 Å². The molecule has 0 radical (unpaired) electrons. The van der Waals surface area contributed by atoms with Gasteiger partial charge in [0.15, 0.2) is 0 Å². The van der Waals surface area contributed by atoms with Crippen LogP contribution < -0.4 is 5.43 Å². The molecule has 0 unspecified atom stereocenters. The number of anilines is 1. The van der Waals surface area contributed by atoms with Crippen LogP contribution in [0.4, 0.5) is 5.13 Å². The molecule has 7 heteroatoms. The average molecular weight is 372 g/mol. The summed E-state index contributed by atoms with van der Waals surface area (Å²) in [6.45, 7) is 5.56. The van der Waals surface area contributed by atoms with Crippen LogP contribution in [0.3, 0.4) is 0 Å². The van der Waals surface area contributed by atoms with E-state index in [1.807, 2.05) is 11.4 Å². The van der Waals surface area contributed by atoms with Crippen molar-refractivity contribution in [3.05, 3.63) is 46.5 Å². The number of benzene rings is 1. The zero-order valence-corrected chi connectivity index (χ0v) is 15.8. The van der Waals surface area contributed by atoms with E-state index in [2.05, 4.69) is 38.6 Å². The number of esters is 1. The van der Waals surface area contributed by atoms with Gasteiger partial charge >= 0.3 is 5.97 Å². The predicted octanol–water partition coefficient (Wildman–Crippen LogP) is 3.29. The number of carbonyl (C=O) groups is 1. The van der Waals surface area contributed by atoms with E-state index < -0.39 is 0 Å². The molecule has 1 N–H and O–H groups in total. The maximum Gasteiger partial charge on any atom is 0.311 e. The van der Waals surface area contributed by atoms with Gasteiger partial charge in [0.25, 0.3) is 0 Å². The normalized spacial score (nSPS) is 14.8. The van der Waals surface area contributed by atoms with E-state index in [0.717, 1.165) is 12.1 Å². The van der Waals surface area contributed by atoms with Gasteiger partial charge in [-0.3, -0.25) is 15.1 Å². The van der Waals surface area contributed by atoms with Gasteiger partial charge in [0, 0.05) is 11.9 Å². The molecule has 1 aromatic carbocycles. The number of carbonyl (C=O) groups excluding carboxylic acids is 1. The molecule has 1 aliphatic heterocycles. The van der Waals surface area contributed by atoms with Gasteiger partial charge in [-0.25, -0.2) is 4.98 Å². The van der Waals surface area contributed by atoms with Crippen LogP contribution in [-0.4, -0.2) is 41.8 Å². The minimum atomic E-state index is -0.261. The molecule has 3 rings (SSSR count). The molecular formula is C19H24N4O2S. The van der Waals surface area contributed by atoms with Gasteiger partial charge in [-0.05, 0) is 50.0 Å². The maximum atomic E-state index is 11.5. The summed E-state index contributed by atoms with van der Waals surface area (Å²) in [6.07, 6.45) is 4.59. The first-order valence-electron chi connectivity index (χ1n) is 8.93. The van der Waals surface area contributed by atoms with E-state index in [4.69, 9.17) is 4.74 Å². The summed E-state index contributed by atoms with van der Waals surface area (Å²) < 4.78 is 4.92. The van der Waals surface area contributed by atoms with Crippen LogP contribution in [0.5, 0.6) is 0 Å². The summed E-state index contributed by atoms with van der Waals surface area (Å²) in [5.41, 5.74) is 5.98. The third-order valence-corrected chi connectivity index (χ3v) is 4.91. The Morgan fingerprint density at radius 2 is 2.27 bits per heavy atom. The number of hydrogen-bond acceptors (Lipinski definition) is 7.